The van der Waals surface area contributed by atoms with Gasteiger partial charge in [0.1, 0.15) is 6.61 Å². The predicted octanol–water partition coefficient (Wildman–Crippen LogP) is 2.57. The number of ether oxygens (including phenoxy) is 2. The van der Waals surface area contributed by atoms with Crippen LogP contribution in [-0.4, -0.2) is 24.3 Å². The molecule has 1 rings (SSSR count). The molecule has 2 N–H and O–H groups in total. The van der Waals surface area contributed by atoms with Crippen molar-refractivity contribution in [2.24, 2.45) is 5.11 Å². The van der Waals surface area contributed by atoms with E-state index in [-0.39, 0.29) is 13.2 Å². The molecule has 6 nitrogen and oxygen atoms in total. The molecule has 0 unspecified atom stereocenters. The molecule has 0 heterocycles. The van der Waals surface area contributed by atoms with Gasteiger partial charge in [-0.15, -0.1) is 5.11 Å². The topological polar surface area (TPSA) is 92.0 Å². The van der Waals surface area contributed by atoms with E-state index < -0.39 is 17.4 Å². The SMILES string of the molecule is CCOC(=O)C(N=N)=C(O)COCc1ccccc1. The summed E-state index contributed by atoms with van der Waals surface area (Å²) in [7, 11) is 0. The number of hydrogen-bond donors (Lipinski definition) is 2. The lowest BCUT2D eigenvalue weighted by Gasteiger charge is -2.06. The predicted molar refractivity (Wildman–Crippen MR) is 67.5 cm³/mol. The van der Waals surface area contributed by atoms with Crippen molar-refractivity contribution >= 4 is 5.97 Å². The summed E-state index contributed by atoms with van der Waals surface area (Å²) >= 11 is 0. The quantitative estimate of drug-likeness (QED) is 0.342. The Morgan fingerprint density at radius 3 is 2.63 bits per heavy atom. The smallest absolute Gasteiger partial charge is 0.362 e. The Kier molecular flexibility index (Phi) is 6.25. The van der Waals surface area contributed by atoms with Crippen molar-refractivity contribution < 1.29 is 19.4 Å². The molecule has 19 heavy (non-hydrogen) atoms. The fourth-order valence-electron chi connectivity index (χ4n) is 1.34. The molecule has 6 heteroatoms. The van der Waals surface area contributed by atoms with E-state index in [2.05, 4.69) is 9.85 Å². The molecule has 0 bridgehead atoms. The maximum absolute atomic E-state index is 11.3. The summed E-state index contributed by atoms with van der Waals surface area (Å²) in [6.45, 7) is 1.86. The van der Waals surface area contributed by atoms with Crippen LogP contribution in [0.2, 0.25) is 0 Å². The van der Waals surface area contributed by atoms with Gasteiger partial charge in [-0.05, 0) is 12.5 Å². The molecule has 102 valence electrons. The van der Waals surface area contributed by atoms with Gasteiger partial charge in [-0.1, -0.05) is 30.3 Å². The molecule has 0 spiro atoms. The first-order valence-corrected chi connectivity index (χ1v) is 5.77. The van der Waals surface area contributed by atoms with E-state index in [1.807, 2.05) is 30.3 Å². The molecule has 0 amide bonds. The lowest BCUT2D eigenvalue weighted by molar-refractivity contribution is -0.138. The van der Waals surface area contributed by atoms with Gasteiger partial charge in [-0.2, -0.15) is 0 Å². The van der Waals surface area contributed by atoms with Gasteiger partial charge in [0.25, 0.3) is 0 Å². The molecule has 0 aliphatic heterocycles. The largest absolute Gasteiger partial charge is 0.507 e. The fraction of sp³-hybridized carbons (Fsp3) is 0.308. The molecule has 1 aromatic rings. The van der Waals surface area contributed by atoms with Gasteiger partial charge in [0.2, 0.25) is 5.70 Å². The molecule has 0 radical (unpaired) electrons. The number of carbonyl (C=O) groups is 1. The van der Waals surface area contributed by atoms with Crippen molar-refractivity contribution in [3.63, 3.8) is 0 Å². The minimum absolute atomic E-state index is 0.149. The highest BCUT2D eigenvalue weighted by Crippen LogP contribution is 2.08. The molecule has 0 saturated carbocycles. The van der Waals surface area contributed by atoms with Gasteiger partial charge in [0, 0.05) is 0 Å². The van der Waals surface area contributed by atoms with Crippen molar-refractivity contribution in [1.29, 1.82) is 5.53 Å². The third-order valence-electron chi connectivity index (χ3n) is 2.20. The number of benzene rings is 1. The number of hydrogen-bond acceptors (Lipinski definition) is 6. The van der Waals surface area contributed by atoms with Crippen LogP contribution in [0.25, 0.3) is 0 Å². The van der Waals surface area contributed by atoms with E-state index in [0.717, 1.165) is 5.56 Å². The molecule has 0 fully saturated rings. The number of nitrogens with one attached hydrogen (secondary N) is 1. The first-order valence-electron chi connectivity index (χ1n) is 5.77. The first kappa shape index (κ1) is 14.8. The average Bonchev–Trinajstić information content (AvgIpc) is 2.41. The van der Waals surface area contributed by atoms with Crippen LogP contribution in [0.3, 0.4) is 0 Å². The summed E-state index contributed by atoms with van der Waals surface area (Å²) < 4.78 is 9.89. The molecule has 0 atom stereocenters. The second-order valence-corrected chi connectivity index (χ2v) is 3.61. The zero-order valence-corrected chi connectivity index (χ0v) is 10.6. The van der Waals surface area contributed by atoms with E-state index in [1.54, 1.807) is 6.92 Å². The van der Waals surface area contributed by atoms with Crippen molar-refractivity contribution in [2.45, 2.75) is 13.5 Å². The van der Waals surface area contributed by atoms with Crippen molar-refractivity contribution in [1.82, 2.24) is 0 Å². The van der Waals surface area contributed by atoms with Crippen LogP contribution < -0.4 is 0 Å². The van der Waals surface area contributed by atoms with Crippen LogP contribution in [-0.2, 0) is 20.9 Å². The monoisotopic (exact) mass is 264 g/mol. The normalized spacial score (nSPS) is 11.6. The zero-order chi connectivity index (χ0) is 14.1. The minimum Gasteiger partial charge on any atom is -0.507 e. The van der Waals surface area contributed by atoms with Gasteiger partial charge in [0.15, 0.2) is 5.76 Å². The Morgan fingerprint density at radius 2 is 2.05 bits per heavy atom. The van der Waals surface area contributed by atoms with Gasteiger partial charge in [-0.25, -0.2) is 10.3 Å². The van der Waals surface area contributed by atoms with E-state index in [0.29, 0.717) is 6.61 Å². The maximum atomic E-state index is 11.3. The molecule has 1 aromatic carbocycles. The van der Waals surface area contributed by atoms with E-state index in [9.17, 15) is 9.90 Å². The minimum atomic E-state index is -0.835. The maximum Gasteiger partial charge on any atom is 0.362 e. The third-order valence-corrected chi connectivity index (χ3v) is 2.20. The number of carbonyl (C=O) groups excluding carboxylic acids is 1. The Labute approximate surface area is 111 Å². The number of esters is 1. The fourth-order valence-corrected chi connectivity index (χ4v) is 1.34. The van der Waals surface area contributed by atoms with Crippen LogP contribution in [0.15, 0.2) is 46.9 Å². The van der Waals surface area contributed by atoms with Gasteiger partial charge >= 0.3 is 5.97 Å². The Balaban J connectivity index is 2.54. The zero-order valence-electron chi connectivity index (χ0n) is 10.6. The van der Waals surface area contributed by atoms with Crippen LogP contribution >= 0.6 is 0 Å². The van der Waals surface area contributed by atoms with Crippen LogP contribution in [0.1, 0.15) is 12.5 Å². The van der Waals surface area contributed by atoms with E-state index >= 15 is 0 Å². The highest BCUT2D eigenvalue weighted by atomic mass is 16.5. The summed E-state index contributed by atoms with van der Waals surface area (Å²) in [5.41, 5.74) is 7.35. The standard InChI is InChI=1S/C13H16N2O4/c1-2-19-13(17)12(15-14)11(16)9-18-8-10-6-4-3-5-7-10/h3-7,14,16H,2,8-9H2,1H3. The Hall–Kier alpha value is -2.21. The second-order valence-electron chi connectivity index (χ2n) is 3.61. The summed E-state index contributed by atoms with van der Waals surface area (Å²) in [4.78, 5) is 11.3. The second kappa shape index (κ2) is 7.99. The molecule has 0 saturated heterocycles. The number of rotatable bonds is 7. The molecular formula is C13H16N2O4. The molecular weight excluding hydrogens is 248 g/mol. The molecule has 0 aliphatic rings. The van der Waals surface area contributed by atoms with E-state index in [1.165, 1.54) is 0 Å². The van der Waals surface area contributed by atoms with Gasteiger partial charge in [0.05, 0.1) is 13.2 Å². The van der Waals surface area contributed by atoms with Crippen LogP contribution in [0.5, 0.6) is 0 Å². The van der Waals surface area contributed by atoms with Crippen LogP contribution in [0, 0.1) is 5.53 Å². The first-order chi connectivity index (χ1) is 9.19. The molecule has 0 aromatic heterocycles. The summed E-state index contributed by atoms with van der Waals surface area (Å²) in [5, 5.41) is 12.6. The van der Waals surface area contributed by atoms with Gasteiger partial charge in [-0.3, -0.25) is 0 Å². The highest BCUT2D eigenvalue weighted by Gasteiger charge is 2.16. The van der Waals surface area contributed by atoms with Crippen molar-refractivity contribution in [3.8, 4) is 0 Å². The summed E-state index contributed by atoms with van der Waals surface area (Å²) in [6, 6.07) is 9.39. The van der Waals surface area contributed by atoms with E-state index in [4.69, 9.17) is 10.3 Å². The van der Waals surface area contributed by atoms with Crippen LogP contribution in [0.4, 0.5) is 0 Å². The van der Waals surface area contributed by atoms with Crippen molar-refractivity contribution in [3.05, 3.63) is 47.4 Å². The highest BCUT2D eigenvalue weighted by molar-refractivity contribution is 5.88. The lowest BCUT2D eigenvalue weighted by atomic mass is 10.2. The number of aliphatic hydroxyl groups is 1. The number of nitrogens with zero attached hydrogens (tertiary/aromatic N) is 1. The molecule has 0 aliphatic carbocycles. The number of aliphatic hydroxyl groups excluding tert-OH is 1. The Morgan fingerprint density at radius 1 is 1.37 bits per heavy atom. The van der Waals surface area contributed by atoms with Gasteiger partial charge < -0.3 is 14.6 Å². The Bertz CT molecular complexity index is 457. The lowest BCUT2D eigenvalue weighted by Crippen LogP contribution is -2.11. The third kappa shape index (κ3) is 4.89. The summed E-state index contributed by atoms with van der Waals surface area (Å²) in [5.74, 6) is -1.25. The average molecular weight is 264 g/mol. The summed E-state index contributed by atoms with van der Waals surface area (Å²) in [6.07, 6.45) is 0. The van der Waals surface area contributed by atoms with Crippen molar-refractivity contribution in [2.75, 3.05) is 13.2 Å².